The second-order valence-electron chi connectivity index (χ2n) is 8.27. The number of carboxylic acids is 1. The van der Waals surface area contributed by atoms with Gasteiger partial charge in [-0.3, -0.25) is 4.79 Å². The van der Waals surface area contributed by atoms with Gasteiger partial charge in [-0.15, -0.1) is 0 Å². The normalized spacial score (nSPS) is 14.3. The average molecular weight is 556 g/mol. The Morgan fingerprint density at radius 1 is 1.14 bits per heavy atom. The van der Waals surface area contributed by atoms with Crippen LogP contribution >= 0.6 is 0 Å². The number of hydrogen-bond acceptors (Lipinski definition) is 7. The minimum absolute atomic E-state index is 0.0122. The van der Waals surface area contributed by atoms with Gasteiger partial charge in [0.15, 0.2) is 0 Å². The Hall–Kier alpha value is -2.42. The minimum Gasteiger partial charge on any atom is -0.494 e. The van der Waals surface area contributed by atoms with Gasteiger partial charge in [-0.2, -0.15) is 17.5 Å². The third-order valence-corrected chi connectivity index (χ3v) is 6.98. The number of piperazine rings is 1. The third-order valence-electron chi connectivity index (χ3n) is 5.06. The van der Waals surface area contributed by atoms with Gasteiger partial charge in [0.1, 0.15) is 5.75 Å². The van der Waals surface area contributed by atoms with Crippen LogP contribution in [0.15, 0.2) is 29.2 Å². The summed E-state index contributed by atoms with van der Waals surface area (Å²) in [5.74, 6) is -2.14. The van der Waals surface area contributed by atoms with Gasteiger partial charge in [0, 0.05) is 52.3 Å². The van der Waals surface area contributed by atoms with E-state index in [1.54, 1.807) is 29.2 Å². The Morgan fingerprint density at radius 2 is 1.70 bits per heavy atom. The molecule has 14 heteroatoms. The Morgan fingerprint density at radius 3 is 2.19 bits per heavy atom. The van der Waals surface area contributed by atoms with Crippen LogP contribution in [0.3, 0.4) is 0 Å². The first-order valence-electron chi connectivity index (χ1n) is 11.9. The Balaban J connectivity index is 0.000000856. The van der Waals surface area contributed by atoms with Crippen LogP contribution in [0.1, 0.15) is 33.6 Å². The van der Waals surface area contributed by atoms with E-state index in [4.69, 9.17) is 19.4 Å². The summed E-state index contributed by atoms with van der Waals surface area (Å²) >= 11 is 0. The summed E-state index contributed by atoms with van der Waals surface area (Å²) in [4.78, 5) is 23.4. The number of halogens is 3. The molecule has 0 bridgehead atoms. The quantitative estimate of drug-likeness (QED) is 0.377. The molecule has 10 nitrogen and oxygen atoms in total. The van der Waals surface area contributed by atoms with Crippen LogP contribution in [0.5, 0.6) is 5.75 Å². The van der Waals surface area contributed by atoms with Gasteiger partial charge in [0.25, 0.3) is 0 Å². The zero-order chi connectivity index (χ0) is 28.1. The molecule has 1 aromatic carbocycles. The van der Waals surface area contributed by atoms with Crippen LogP contribution < -0.4 is 10.1 Å². The molecule has 1 amide bonds. The third kappa shape index (κ3) is 12.1. The summed E-state index contributed by atoms with van der Waals surface area (Å²) in [6.45, 7) is 10.1. The predicted octanol–water partition coefficient (Wildman–Crippen LogP) is 2.35. The number of carbonyl (C=O) groups excluding carboxylic acids is 1. The number of aliphatic carboxylic acids is 1. The Labute approximate surface area is 215 Å². The van der Waals surface area contributed by atoms with E-state index >= 15 is 0 Å². The molecule has 37 heavy (non-hydrogen) atoms. The number of benzene rings is 1. The Kier molecular flexibility index (Phi) is 13.9. The molecule has 212 valence electrons. The molecule has 0 radical (unpaired) electrons. The summed E-state index contributed by atoms with van der Waals surface area (Å²) in [5.41, 5.74) is 0. The Bertz CT molecular complexity index is 936. The molecular weight excluding hydrogens is 519 g/mol. The van der Waals surface area contributed by atoms with Crippen LogP contribution in [-0.2, 0) is 24.3 Å². The number of nitrogens with one attached hydrogen (secondary N) is 1. The van der Waals surface area contributed by atoms with Crippen molar-refractivity contribution in [1.82, 2.24) is 14.5 Å². The lowest BCUT2D eigenvalue weighted by molar-refractivity contribution is -0.192. The number of nitrogens with zero attached hydrogens (tertiary/aromatic N) is 2. The van der Waals surface area contributed by atoms with Crippen molar-refractivity contribution in [3.8, 4) is 5.75 Å². The van der Waals surface area contributed by atoms with Crippen LogP contribution in [0.4, 0.5) is 13.2 Å². The van der Waals surface area contributed by atoms with E-state index in [0.717, 1.165) is 13.1 Å². The van der Waals surface area contributed by atoms with Gasteiger partial charge >= 0.3 is 12.1 Å². The van der Waals surface area contributed by atoms with Crippen LogP contribution in [0.25, 0.3) is 0 Å². The van der Waals surface area contributed by atoms with E-state index in [-0.39, 0.29) is 29.9 Å². The molecule has 0 unspecified atom stereocenters. The van der Waals surface area contributed by atoms with E-state index in [0.29, 0.717) is 45.0 Å². The molecule has 1 heterocycles. The number of carboxylic acid groups (broad SMARTS) is 1. The highest BCUT2D eigenvalue weighted by molar-refractivity contribution is 7.89. The standard InChI is InChI=1S/C21H35N3O5S.C2HF3O2/c1-4-28-19-6-8-20(9-7-19)30(26,27)24(13-5-17-29-18(2)3)14-10-21(25)23-15-11-22-12-16-23;3-2(4,5)1(6)7/h6-9,18,22H,4-5,10-17H2,1-3H3;(H,6,7). The summed E-state index contributed by atoms with van der Waals surface area (Å²) in [5, 5.41) is 10.3. The minimum atomic E-state index is -5.08. The fourth-order valence-corrected chi connectivity index (χ4v) is 4.71. The molecular formula is C23H36F3N3O7S. The van der Waals surface area contributed by atoms with E-state index in [9.17, 15) is 26.4 Å². The van der Waals surface area contributed by atoms with Gasteiger partial charge in [0.2, 0.25) is 15.9 Å². The first-order valence-corrected chi connectivity index (χ1v) is 13.4. The molecule has 2 rings (SSSR count). The number of amides is 1. The van der Waals surface area contributed by atoms with Crippen molar-refractivity contribution in [3.63, 3.8) is 0 Å². The number of hydrogen-bond donors (Lipinski definition) is 2. The van der Waals surface area contributed by atoms with Gasteiger partial charge < -0.3 is 24.8 Å². The highest BCUT2D eigenvalue weighted by Crippen LogP contribution is 2.20. The zero-order valence-electron chi connectivity index (χ0n) is 21.3. The molecule has 0 saturated carbocycles. The van der Waals surface area contributed by atoms with Gasteiger partial charge in [-0.05, 0) is 51.5 Å². The first-order chi connectivity index (χ1) is 17.3. The number of carbonyl (C=O) groups is 2. The smallest absolute Gasteiger partial charge is 0.490 e. The predicted molar refractivity (Wildman–Crippen MR) is 130 cm³/mol. The van der Waals surface area contributed by atoms with Crippen LogP contribution in [0, 0.1) is 0 Å². The van der Waals surface area contributed by atoms with Crippen LogP contribution in [-0.4, -0.2) is 99.4 Å². The summed E-state index contributed by atoms with van der Waals surface area (Å²) < 4.78 is 70.5. The van der Waals surface area contributed by atoms with Gasteiger partial charge in [-0.25, -0.2) is 13.2 Å². The molecule has 1 aromatic rings. The van der Waals surface area contributed by atoms with E-state index in [1.165, 1.54) is 4.31 Å². The lowest BCUT2D eigenvalue weighted by atomic mass is 10.3. The van der Waals surface area contributed by atoms with Crippen molar-refractivity contribution >= 4 is 21.9 Å². The monoisotopic (exact) mass is 555 g/mol. The average Bonchev–Trinajstić information content (AvgIpc) is 2.84. The lowest BCUT2D eigenvalue weighted by Crippen LogP contribution is -2.47. The van der Waals surface area contributed by atoms with Crippen LogP contribution in [0.2, 0.25) is 0 Å². The van der Waals surface area contributed by atoms with Crippen molar-refractivity contribution < 1.29 is 45.8 Å². The molecule has 1 fully saturated rings. The molecule has 1 aliphatic heterocycles. The van der Waals surface area contributed by atoms with Gasteiger partial charge in [-0.1, -0.05) is 0 Å². The van der Waals surface area contributed by atoms with Crippen molar-refractivity contribution in [1.29, 1.82) is 0 Å². The SMILES string of the molecule is CCOc1ccc(S(=O)(=O)N(CCCOC(C)C)CCC(=O)N2CCNCC2)cc1.O=C(O)C(F)(F)F. The zero-order valence-corrected chi connectivity index (χ0v) is 22.1. The maximum absolute atomic E-state index is 13.2. The maximum atomic E-state index is 13.2. The molecule has 2 N–H and O–H groups in total. The van der Waals surface area contributed by atoms with Crippen molar-refractivity contribution in [2.45, 2.75) is 50.8 Å². The molecule has 0 spiro atoms. The second kappa shape index (κ2) is 15.7. The fourth-order valence-electron chi connectivity index (χ4n) is 3.23. The largest absolute Gasteiger partial charge is 0.494 e. The summed E-state index contributed by atoms with van der Waals surface area (Å²) in [6, 6.07) is 6.41. The molecule has 0 atom stereocenters. The van der Waals surface area contributed by atoms with Crippen molar-refractivity contribution in [3.05, 3.63) is 24.3 Å². The molecule has 1 saturated heterocycles. The molecule has 0 aromatic heterocycles. The van der Waals surface area contributed by atoms with Gasteiger partial charge in [0.05, 0.1) is 17.6 Å². The van der Waals surface area contributed by atoms with E-state index in [1.807, 2.05) is 20.8 Å². The van der Waals surface area contributed by atoms with E-state index < -0.39 is 22.2 Å². The number of alkyl halides is 3. The topological polar surface area (TPSA) is 125 Å². The van der Waals surface area contributed by atoms with Crippen molar-refractivity contribution in [2.24, 2.45) is 0 Å². The van der Waals surface area contributed by atoms with Crippen molar-refractivity contribution in [2.75, 3.05) is 52.5 Å². The fraction of sp³-hybridized carbons (Fsp3) is 0.652. The number of ether oxygens (including phenoxy) is 2. The number of sulfonamides is 1. The second-order valence-corrected chi connectivity index (χ2v) is 10.2. The summed E-state index contributed by atoms with van der Waals surface area (Å²) in [7, 11) is -3.72. The highest BCUT2D eigenvalue weighted by Gasteiger charge is 2.38. The molecule has 1 aliphatic rings. The molecule has 0 aliphatic carbocycles. The number of rotatable bonds is 12. The first kappa shape index (κ1) is 32.6. The summed E-state index contributed by atoms with van der Waals surface area (Å²) in [6.07, 6.45) is -4.26. The van der Waals surface area contributed by atoms with E-state index in [2.05, 4.69) is 5.32 Å². The highest BCUT2D eigenvalue weighted by atomic mass is 32.2. The maximum Gasteiger partial charge on any atom is 0.490 e. The lowest BCUT2D eigenvalue weighted by Gasteiger charge is -2.29.